The third-order valence-electron chi connectivity index (χ3n) is 4.13. The smallest absolute Gasteiger partial charge is 0.166 e. The van der Waals surface area contributed by atoms with Gasteiger partial charge in [-0.1, -0.05) is 49.4 Å². The van der Waals surface area contributed by atoms with Gasteiger partial charge in [-0.3, -0.25) is 9.59 Å². The molecule has 0 bridgehead atoms. The molecule has 1 atom stereocenters. The van der Waals surface area contributed by atoms with Crippen LogP contribution in [0.1, 0.15) is 51.7 Å². The van der Waals surface area contributed by atoms with Gasteiger partial charge in [0.05, 0.1) is 5.69 Å². The Morgan fingerprint density at radius 1 is 1.09 bits per heavy atom. The minimum atomic E-state index is -0.0450. The molecule has 0 amide bonds. The number of benzene rings is 2. The highest BCUT2D eigenvalue weighted by Gasteiger charge is 2.21. The number of carbonyl (C=O) groups excluding carboxylic acids is 2. The molecule has 22 heavy (non-hydrogen) atoms. The van der Waals surface area contributed by atoms with Crippen molar-refractivity contribution in [1.82, 2.24) is 4.98 Å². The van der Waals surface area contributed by atoms with E-state index in [0.29, 0.717) is 11.3 Å². The number of fused-ring (bicyclic) bond motifs is 1. The van der Waals surface area contributed by atoms with Gasteiger partial charge in [0.1, 0.15) is 0 Å². The largest absolute Gasteiger partial charge is 0.352 e. The standard InChI is InChI=1S/C19H17NO2/c1-12(14-7-3-4-8-15(14)13(2)22)19-16-9-5-6-10-17(16)20-18(19)11-21/h3-12,20H,1-2H3. The van der Waals surface area contributed by atoms with Gasteiger partial charge in [-0.15, -0.1) is 0 Å². The van der Waals surface area contributed by atoms with Gasteiger partial charge in [-0.25, -0.2) is 0 Å². The van der Waals surface area contributed by atoms with Crippen molar-refractivity contribution >= 4 is 23.0 Å². The van der Waals surface area contributed by atoms with Crippen LogP contribution in [-0.4, -0.2) is 17.1 Å². The average molecular weight is 291 g/mol. The number of hydrogen-bond acceptors (Lipinski definition) is 2. The molecule has 1 N–H and O–H groups in total. The van der Waals surface area contributed by atoms with Crippen LogP contribution in [0.5, 0.6) is 0 Å². The molecule has 0 saturated heterocycles. The van der Waals surface area contributed by atoms with Gasteiger partial charge >= 0.3 is 0 Å². The maximum Gasteiger partial charge on any atom is 0.166 e. The number of Topliss-reactive ketones (excluding diaryl/α,β-unsaturated/α-hetero) is 1. The van der Waals surface area contributed by atoms with Crippen molar-refractivity contribution in [2.24, 2.45) is 0 Å². The molecular weight excluding hydrogens is 274 g/mol. The van der Waals surface area contributed by atoms with Crippen LogP contribution in [0.15, 0.2) is 48.5 Å². The van der Waals surface area contributed by atoms with E-state index in [0.717, 1.165) is 28.3 Å². The van der Waals surface area contributed by atoms with E-state index < -0.39 is 0 Å². The van der Waals surface area contributed by atoms with Crippen LogP contribution in [0, 0.1) is 0 Å². The second kappa shape index (κ2) is 5.60. The van der Waals surface area contributed by atoms with Crippen molar-refractivity contribution in [3.8, 4) is 0 Å². The number of hydrogen-bond donors (Lipinski definition) is 1. The van der Waals surface area contributed by atoms with Gasteiger partial charge in [-0.05, 0) is 24.1 Å². The van der Waals surface area contributed by atoms with Gasteiger partial charge in [0.15, 0.2) is 12.1 Å². The molecule has 110 valence electrons. The average Bonchev–Trinajstić information content (AvgIpc) is 2.92. The lowest BCUT2D eigenvalue weighted by Crippen LogP contribution is -2.06. The molecule has 1 aromatic heterocycles. The molecule has 3 aromatic rings. The van der Waals surface area contributed by atoms with Gasteiger partial charge in [-0.2, -0.15) is 0 Å². The fourth-order valence-corrected chi connectivity index (χ4v) is 3.09. The van der Waals surface area contributed by atoms with Crippen LogP contribution in [-0.2, 0) is 0 Å². The lowest BCUT2D eigenvalue weighted by atomic mass is 9.87. The minimum Gasteiger partial charge on any atom is -0.352 e. The molecule has 0 aliphatic heterocycles. The summed E-state index contributed by atoms with van der Waals surface area (Å²) in [5.74, 6) is -0.00797. The Balaban J connectivity index is 2.23. The quantitative estimate of drug-likeness (QED) is 0.574. The number of ketones is 1. The van der Waals surface area contributed by atoms with E-state index in [4.69, 9.17) is 0 Å². The molecule has 3 rings (SSSR count). The highest BCUT2D eigenvalue weighted by atomic mass is 16.1. The maximum atomic E-state index is 11.9. The third kappa shape index (κ3) is 2.25. The molecule has 0 saturated carbocycles. The van der Waals surface area contributed by atoms with Crippen LogP contribution in [0.25, 0.3) is 10.9 Å². The predicted molar refractivity (Wildman–Crippen MR) is 87.6 cm³/mol. The molecule has 0 aliphatic carbocycles. The fourth-order valence-electron chi connectivity index (χ4n) is 3.09. The maximum absolute atomic E-state index is 11.9. The highest BCUT2D eigenvalue weighted by Crippen LogP contribution is 2.34. The zero-order valence-electron chi connectivity index (χ0n) is 12.6. The first-order valence-electron chi connectivity index (χ1n) is 7.29. The first-order valence-corrected chi connectivity index (χ1v) is 7.29. The number of aldehydes is 1. The van der Waals surface area contributed by atoms with E-state index in [1.165, 1.54) is 0 Å². The second-order valence-corrected chi connectivity index (χ2v) is 5.48. The summed E-state index contributed by atoms with van der Waals surface area (Å²) in [5, 5.41) is 1.02. The molecule has 3 heteroatoms. The number of aromatic amines is 1. The number of aromatic nitrogens is 1. The Hall–Kier alpha value is -2.68. The summed E-state index contributed by atoms with van der Waals surface area (Å²) in [7, 11) is 0. The predicted octanol–water partition coefficient (Wildman–Crippen LogP) is 4.33. The Labute approximate surface area is 129 Å². The molecule has 3 nitrogen and oxygen atoms in total. The van der Waals surface area contributed by atoms with E-state index in [-0.39, 0.29) is 11.7 Å². The monoisotopic (exact) mass is 291 g/mol. The number of H-pyrrole nitrogens is 1. The Morgan fingerprint density at radius 2 is 1.77 bits per heavy atom. The van der Waals surface area contributed by atoms with E-state index in [1.807, 2.05) is 55.5 Å². The lowest BCUT2D eigenvalue weighted by Gasteiger charge is -2.16. The van der Waals surface area contributed by atoms with Crippen molar-refractivity contribution in [3.63, 3.8) is 0 Å². The summed E-state index contributed by atoms with van der Waals surface area (Å²) in [4.78, 5) is 26.5. The Morgan fingerprint density at radius 3 is 2.50 bits per heavy atom. The first kappa shape index (κ1) is 14.3. The molecular formula is C19H17NO2. The molecule has 1 heterocycles. The van der Waals surface area contributed by atoms with E-state index in [2.05, 4.69) is 4.98 Å². The highest BCUT2D eigenvalue weighted by molar-refractivity contribution is 5.97. The molecule has 0 radical (unpaired) electrons. The van der Waals surface area contributed by atoms with Crippen molar-refractivity contribution in [3.05, 3.63) is 70.9 Å². The molecule has 1 unspecified atom stereocenters. The number of rotatable bonds is 4. The zero-order valence-corrected chi connectivity index (χ0v) is 12.6. The van der Waals surface area contributed by atoms with E-state index >= 15 is 0 Å². The van der Waals surface area contributed by atoms with Crippen molar-refractivity contribution < 1.29 is 9.59 Å². The topological polar surface area (TPSA) is 49.9 Å². The SMILES string of the molecule is CC(=O)c1ccccc1C(C)c1c(C=O)[nH]c2ccccc12. The van der Waals surface area contributed by atoms with Crippen molar-refractivity contribution in [2.45, 2.75) is 19.8 Å². The third-order valence-corrected chi connectivity index (χ3v) is 4.13. The molecule has 0 spiro atoms. The van der Waals surface area contributed by atoms with Crippen LogP contribution < -0.4 is 0 Å². The molecule has 0 fully saturated rings. The van der Waals surface area contributed by atoms with Gasteiger partial charge < -0.3 is 4.98 Å². The molecule has 2 aromatic carbocycles. The first-order chi connectivity index (χ1) is 10.6. The van der Waals surface area contributed by atoms with Crippen molar-refractivity contribution in [1.29, 1.82) is 0 Å². The summed E-state index contributed by atoms with van der Waals surface area (Å²) < 4.78 is 0. The van der Waals surface area contributed by atoms with Gasteiger partial charge in [0.25, 0.3) is 0 Å². The minimum absolute atomic E-state index is 0.0370. The fraction of sp³-hybridized carbons (Fsp3) is 0.158. The summed E-state index contributed by atoms with van der Waals surface area (Å²) >= 11 is 0. The summed E-state index contributed by atoms with van der Waals surface area (Å²) in [6, 6.07) is 15.4. The zero-order chi connectivity index (χ0) is 15.7. The van der Waals surface area contributed by atoms with Crippen LogP contribution in [0.2, 0.25) is 0 Å². The summed E-state index contributed by atoms with van der Waals surface area (Å²) in [6.07, 6.45) is 0.849. The number of carbonyl (C=O) groups is 2. The van der Waals surface area contributed by atoms with Gasteiger partial charge in [0, 0.05) is 22.4 Å². The Bertz CT molecular complexity index is 861. The van der Waals surface area contributed by atoms with Crippen molar-refractivity contribution in [2.75, 3.05) is 0 Å². The second-order valence-electron chi connectivity index (χ2n) is 5.48. The van der Waals surface area contributed by atoms with E-state index in [1.54, 1.807) is 6.92 Å². The molecule has 0 aliphatic rings. The van der Waals surface area contributed by atoms with Crippen LogP contribution in [0.3, 0.4) is 0 Å². The number of para-hydroxylation sites is 1. The Kier molecular flexibility index (Phi) is 3.63. The van der Waals surface area contributed by atoms with Crippen LogP contribution in [0.4, 0.5) is 0 Å². The lowest BCUT2D eigenvalue weighted by molar-refractivity contribution is 0.101. The van der Waals surface area contributed by atoms with Gasteiger partial charge in [0.2, 0.25) is 0 Å². The number of nitrogens with one attached hydrogen (secondary N) is 1. The summed E-state index contributed by atoms with van der Waals surface area (Å²) in [6.45, 7) is 3.60. The normalized spacial score (nSPS) is 12.3. The summed E-state index contributed by atoms with van der Waals surface area (Å²) in [5.41, 5.74) is 4.11. The van der Waals surface area contributed by atoms with E-state index in [9.17, 15) is 9.59 Å². The van der Waals surface area contributed by atoms with Crippen LogP contribution >= 0.6 is 0 Å².